The Balaban J connectivity index is 3.45. The number of hydrogen-bond donors (Lipinski definition) is 1. The molecule has 0 saturated carbocycles. The van der Waals surface area contributed by atoms with Crippen LogP contribution in [0.15, 0.2) is 10.5 Å². The molecule has 0 aromatic heterocycles. The van der Waals surface area contributed by atoms with Gasteiger partial charge in [-0.25, -0.2) is 4.39 Å². The van der Waals surface area contributed by atoms with Crippen molar-refractivity contribution in [2.75, 3.05) is 0 Å². The maximum atomic E-state index is 12.9. The van der Waals surface area contributed by atoms with Crippen molar-refractivity contribution in [3.8, 4) is 11.8 Å². The number of halogens is 3. The van der Waals surface area contributed by atoms with Gasteiger partial charge in [-0.15, -0.1) is 0 Å². The Morgan fingerprint density at radius 1 is 1.57 bits per heavy atom. The fourth-order valence-electron chi connectivity index (χ4n) is 1.07. The number of rotatable bonds is 1. The molecule has 0 aliphatic carbocycles. The third-order valence-electron chi connectivity index (χ3n) is 1.81. The molecule has 0 bridgehead atoms. The van der Waals surface area contributed by atoms with Crippen molar-refractivity contribution in [3.05, 3.63) is 27.7 Å². The lowest BCUT2D eigenvalue weighted by molar-refractivity contribution is 0.399. The standard InChI is InChI=1S/C9H6BrF2NO/c1-4(3-13)7-5(10)2-6(11)8(12)9(7)14/h2,4,14H,1H3. The summed E-state index contributed by atoms with van der Waals surface area (Å²) in [4.78, 5) is 0. The summed E-state index contributed by atoms with van der Waals surface area (Å²) in [5.41, 5.74) is 0.0615. The van der Waals surface area contributed by atoms with Crippen molar-refractivity contribution in [1.82, 2.24) is 0 Å². The molecular weight excluding hydrogens is 256 g/mol. The van der Waals surface area contributed by atoms with Crippen LogP contribution in [-0.2, 0) is 0 Å². The van der Waals surface area contributed by atoms with E-state index >= 15 is 0 Å². The zero-order valence-corrected chi connectivity index (χ0v) is 8.77. The first-order chi connectivity index (χ1) is 6.49. The van der Waals surface area contributed by atoms with Gasteiger partial charge in [0.15, 0.2) is 11.6 Å². The lowest BCUT2D eigenvalue weighted by Gasteiger charge is -2.09. The Labute approximate surface area is 87.9 Å². The van der Waals surface area contributed by atoms with E-state index in [0.29, 0.717) is 0 Å². The number of hydrogen-bond acceptors (Lipinski definition) is 2. The van der Waals surface area contributed by atoms with Gasteiger partial charge in [0.1, 0.15) is 0 Å². The van der Waals surface area contributed by atoms with Gasteiger partial charge in [0, 0.05) is 10.0 Å². The number of benzene rings is 1. The molecule has 0 heterocycles. The van der Waals surface area contributed by atoms with Crippen LogP contribution in [0.5, 0.6) is 5.75 Å². The molecule has 1 atom stereocenters. The highest BCUT2D eigenvalue weighted by Gasteiger charge is 2.20. The monoisotopic (exact) mass is 261 g/mol. The van der Waals surface area contributed by atoms with Crippen LogP contribution >= 0.6 is 15.9 Å². The second-order valence-electron chi connectivity index (χ2n) is 2.77. The van der Waals surface area contributed by atoms with Crippen LogP contribution in [-0.4, -0.2) is 5.11 Å². The van der Waals surface area contributed by atoms with Crippen molar-refractivity contribution < 1.29 is 13.9 Å². The second kappa shape index (κ2) is 3.93. The number of aromatic hydroxyl groups is 1. The van der Waals surface area contributed by atoms with Gasteiger partial charge in [-0.2, -0.15) is 9.65 Å². The summed E-state index contributed by atoms with van der Waals surface area (Å²) in [6.45, 7) is 1.48. The number of nitriles is 1. The van der Waals surface area contributed by atoms with E-state index in [2.05, 4.69) is 15.9 Å². The molecule has 0 fully saturated rings. The van der Waals surface area contributed by atoms with Crippen molar-refractivity contribution in [2.24, 2.45) is 0 Å². The van der Waals surface area contributed by atoms with Crippen LogP contribution in [0.3, 0.4) is 0 Å². The maximum Gasteiger partial charge on any atom is 0.200 e. The summed E-state index contributed by atoms with van der Waals surface area (Å²) in [5, 5.41) is 17.9. The Kier molecular flexibility index (Phi) is 3.06. The zero-order valence-electron chi connectivity index (χ0n) is 7.18. The van der Waals surface area contributed by atoms with Crippen molar-refractivity contribution in [2.45, 2.75) is 12.8 Å². The summed E-state index contributed by atoms with van der Waals surface area (Å²) in [7, 11) is 0. The third kappa shape index (κ3) is 1.70. The number of nitrogens with zero attached hydrogens (tertiary/aromatic N) is 1. The molecule has 0 radical (unpaired) electrons. The first-order valence-electron chi connectivity index (χ1n) is 3.75. The van der Waals surface area contributed by atoms with Gasteiger partial charge < -0.3 is 5.11 Å². The molecule has 5 heteroatoms. The smallest absolute Gasteiger partial charge is 0.200 e. The van der Waals surface area contributed by atoms with Crippen LogP contribution in [0.2, 0.25) is 0 Å². The number of phenolic OH excluding ortho intramolecular Hbond substituents is 1. The van der Waals surface area contributed by atoms with Gasteiger partial charge in [0.2, 0.25) is 5.82 Å². The van der Waals surface area contributed by atoms with Gasteiger partial charge in [-0.1, -0.05) is 15.9 Å². The van der Waals surface area contributed by atoms with Gasteiger partial charge in [0.05, 0.1) is 12.0 Å². The molecule has 0 amide bonds. The number of phenols is 1. The Morgan fingerprint density at radius 2 is 2.14 bits per heavy atom. The minimum atomic E-state index is -1.33. The molecule has 0 aliphatic rings. The van der Waals surface area contributed by atoms with Crippen LogP contribution in [0, 0.1) is 23.0 Å². The average Bonchev–Trinajstić information content (AvgIpc) is 2.14. The van der Waals surface area contributed by atoms with E-state index in [-0.39, 0.29) is 10.0 Å². The second-order valence-corrected chi connectivity index (χ2v) is 3.62. The molecule has 2 nitrogen and oxygen atoms in total. The molecular formula is C9H6BrF2NO. The van der Waals surface area contributed by atoms with Crippen LogP contribution in [0.25, 0.3) is 0 Å². The quantitative estimate of drug-likeness (QED) is 0.790. The molecule has 0 spiro atoms. The minimum Gasteiger partial charge on any atom is -0.504 e. The van der Waals surface area contributed by atoms with E-state index in [4.69, 9.17) is 5.26 Å². The first kappa shape index (κ1) is 10.9. The minimum absolute atomic E-state index is 0.0615. The predicted molar refractivity (Wildman–Crippen MR) is 49.8 cm³/mol. The summed E-state index contributed by atoms with van der Waals surface area (Å²) in [5.74, 6) is -4.00. The molecule has 14 heavy (non-hydrogen) atoms. The Bertz CT molecular complexity index is 414. The van der Waals surface area contributed by atoms with Gasteiger partial charge in [-0.05, 0) is 13.0 Å². The van der Waals surface area contributed by atoms with E-state index in [1.54, 1.807) is 0 Å². The van der Waals surface area contributed by atoms with Crippen LogP contribution in [0.4, 0.5) is 8.78 Å². The van der Waals surface area contributed by atoms with E-state index in [1.165, 1.54) is 6.92 Å². The molecule has 0 saturated heterocycles. The highest BCUT2D eigenvalue weighted by Crippen LogP contribution is 2.35. The van der Waals surface area contributed by atoms with Gasteiger partial charge in [-0.3, -0.25) is 0 Å². The van der Waals surface area contributed by atoms with Crippen molar-refractivity contribution in [3.63, 3.8) is 0 Å². The highest BCUT2D eigenvalue weighted by molar-refractivity contribution is 9.10. The third-order valence-corrected chi connectivity index (χ3v) is 2.47. The zero-order chi connectivity index (χ0) is 10.9. The SMILES string of the molecule is CC(C#N)c1c(Br)cc(F)c(F)c1O. The van der Waals surface area contributed by atoms with E-state index in [9.17, 15) is 13.9 Å². The lowest BCUT2D eigenvalue weighted by atomic mass is 10.0. The van der Waals surface area contributed by atoms with E-state index in [0.717, 1.165) is 6.07 Å². The van der Waals surface area contributed by atoms with Crippen LogP contribution in [0.1, 0.15) is 18.4 Å². The van der Waals surface area contributed by atoms with Gasteiger partial charge in [0.25, 0.3) is 0 Å². The van der Waals surface area contributed by atoms with Crippen LogP contribution < -0.4 is 0 Å². The van der Waals surface area contributed by atoms with Crippen molar-refractivity contribution >= 4 is 15.9 Å². The average molecular weight is 262 g/mol. The van der Waals surface area contributed by atoms with Gasteiger partial charge >= 0.3 is 0 Å². The van der Waals surface area contributed by atoms with Crippen molar-refractivity contribution in [1.29, 1.82) is 5.26 Å². The highest BCUT2D eigenvalue weighted by atomic mass is 79.9. The summed E-state index contributed by atoms with van der Waals surface area (Å²) in [6.07, 6.45) is 0. The molecule has 1 N–H and O–H groups in total. The molecule has 0 aliphatic heterocycles. The Morgan fingerprint density at radius 3 is 2.64 bits per heavy atom. The van der Waals surface area contributed by atoms with E-state index in [1.807, 2.05) is 6.07 Å². The molecule has 1 aromatic rings. The largest absolute Gasteiger partial charge is 0.504 e. The fourth-order valence-corrected chi connectivity index (χ4v) is 1.81. The van der Waals surface area contributed by atoms with E-state index < -0.39 is 23.3 Å². The summed E-state index contributed by atoms with van der Waals surface area (Å²) < 4.78 is 25.8. The molecule has 1 rings (SSSR count). The first-order valence-corrected chi connectivity index (χ1v) is 4.54. The predicted octanol–water partition coefficient (Wildman–Crippen LogP) is 3.06. The normalized spacial score (nSPS) is 12.2. The lowest BCUT2D eigenvalue weighted by Crippen LogP contribution is -1.97. The fraction of sp³-hybridized carbons (Fsp3) is 0.222. The Hall–Kier alpha value is -1.15. The maximum absolute atomic E-state index is 12.9. The molecule has 1 aromatic carbocycles. The summed E-state index contributed by atoms with van der Waals surface area (Å²) >= 11 is 2.96. The summed E-state index contributed by atoms with van der Waals surface area (Å²) in [6, 6.07) is 2.72. The topological polar surface area (TPSA) is 44.0 Å². The molecule has 74 valence electrons. The molecule has 1 unspecified atom stereocenters.